The van der Waals surface area contributed by atoms with Crippen molar-refractivity contribution < 1.29 is 10.2 Å². The molecule has 0 aromatic heterocycles. The molecular weight excluding hydrogens is 176 g/mol. The van der Waals surface area contributed by atoms with Crippen LogP contribution in [0.1, 0.15) is 33.6 Å². The van der Waals surface area contributed by atoms with Gasteiger partial charge in [0.1, 0.15) is 0 Å². The van der Waals surface area contributed by atoms with Crippen molar-refractivity contribution in [2.45, 2.75) is 45.8 Å². The minimum absolute atomic E-state index is 0.116. The first kappa shape index (κ1) is 13.4. The largest absolute Gasteiger partial charge is 0.393 e. The number of hydrogen-bond acceptors (Lipinski definition) is 2. The molecule has 0 radical (unpaired) electrons. The Morgan fingerprint density at radius 2 is 1.93 bits per heavy atom. The van der Waals surface area contributed by atoms with Crippen molar-refractivity contribution >= 4 is 0 Å². The van der Waals surface area contributed by atoms with E-state index in [2.05, 4.69) is 6.58 Å². The Morgan fingerprint density at radius 3 is 2.36 bits per heavy atom. The minimum atomic E-state index is -0.364. The van der Waals surface area contributed by atoms with Crippen LogP contribution in [0.15, 0.2) is 24.3 Å². The quantitative estimate of drug-likeness (QED) is 0.643. The molecule has 0 heterocycles. The molecule has 0 amide bonds. The van der Waals surface area contributed by atoms with Gasteiger partial charge in [0, 0.05) is 0 Å². The van der Waals surface area contributed by atoms with Gasteiger partial charge in [-0.3, -0.25) is 0 Å². The molecule has 0 aromatic rings. The van der Waals surface area contributed by atoms with Crippen LogP contribution in [0.25, 0.3) is 0 Å². The van der Waals surface area contributed by atoms with Crippen molar-refractivity contribution in [2.75, 3.05) is 0 Å². The van der Waals surface area contributed by atoms with Crippen LogP contribution in [0, 0.1) is 5.92 Å². The zero-order chi connectivity index (χ0) is 11.1. The van der Waals surface area contributed by atoms with Crippen LogP contribution in [0.4, 0.5) is 0 Å². The van der Waals surface area contributed by atoms with Gasteiger partial charge >= 0.3 is 0 Å². The smallest absolute Gasteiger partial charge is 0.0634 e. The van der Waals surface area contributed by atoms with Crippen LogP contribution >= 0.6 is 0 Å². The Morgan fingerprint density at radius 1 is 1.36 bits per heavy atom. The lowest BCUT2D eigenvalue weighted by Gasteiger charge is -2.13. The fourth-order valence-corrected chi connectivity index (χ4v) is 1.24. The fourth-order valence-electron chi connectivity index (χ4n) is 1.24. The molecule has 0 saturated carbocycles. The molecule has 0 rings (SSSR count). The van der Waals surface area contributed by atoms with Crippen molar-refractivity contribution in [3.63, 3.8) is 0 Å². The molecule has 0 saturated heterocycles. The van der Waals surface area contributed by atoms with E-state index in [1.807, 2.05) is 19.9 Å². The summed E-state index contributed by atoms with van der Waals surface area (Å²) in [5, 5.41) is 18.7. The predicted octanol–water partition coefficient (Wildman–Crippen LogP) is 2.28. The molecule has 0 aliphatic carbocycles. The van der Waals surface area contributed by atoms with E-state index in [0.29, 0.717) is 12.8 Å². The molecule has 0 bridgehead atoms. The monoisotopic (exact) mass is 198 g/mol. The molecule has 2 heteroatoms. The van der Waals surface area contributed by atoms with Crippen LogP contribution in [0.2, 0.25) is 0 Å². The first-order valence-electron chi connectivity index (χ1n) is 5.11. The highest BCUT2D eigenvalue weighted by molar-refractivity contribution is 5.01. The van der Waals surface area contributed by atoms with E-state index in [9.17, 15) is 5.11 Å². The Bertz CT molecular complexity index is 194. The van der Waals surface area contributed by atoms with Gasteiger partial charge < -0.3 is 10.2 Å². The summed E-state index contributed by atoms with van der Waals surface area (Å²) in [4.78, 5) is 0. The first-order valence-corrected chi connectivity index (χ1v) is 5.11. The maximum atomic E-state index is 9.62. The van der Waals surface area contributed by atoms with E-state index in [4.69, 9.17) is 5.11 Å². The lowest BCUT2D eigenvalue weighted by molar-refractivity contribution is 0.140. The van der Waals surface area contributed by atoms with Crippen LogP contribution in [-0.2, 0) is 0 Å². The second kappa shape index (κ2) is 6.80. The van der Waals surface area contributed by atoms with Crippen LogP contribution in [0.3, 0.4) is 0 Å². The summed E-state index contributed by atoms with van der Waals surface area (Å²) in [5.74, 6) is 0.116. The van der Waals surface area contributed by atoms with Gasteiger partial charge in [-0.05, 0) is 32.6 Å². The molecule has 82 valence electrons. The van der Waals surface area contributed by atoms with Gasteiger partial charge in [-0.1, -0.05) is 24.6 Å². The molecule has 0 spiro atoms. The number of aliphatic hydroxyl groups excluding tert-OH is 2. The normalized spacial score (nSPS) is 18.8. The van der Waals surface area contributed by atoms with Gasteiger partial charge in [0.05, 0.1) is 12.2 Å². The van der Waals surface area contributed by atoms with Gasteiger partial charge in [0.2, 0.25) is 0 Å². The molecule has 3 unspecified atom stereocenters. The van der Waals surface area contributed by atoms with Gasteiger partial charge in [-0.15, -0.1) is 6.58 Å². The summed E-state index contributed by atoms with van der Waals surface area (Å²) in [6.07, 6.45) is 4.37. The van der Waals surface area contributed by atoms with Crippen molar-refractivity contribution in [1.29, 1.82) is 0 Å². The molecule has 3 atom stereocenters. The number of aliphatic hydroxyl groups is 2. The summed E-state index contributed by atoms with van der Waals surface area (Å²) in [6.45, 7) is 9.31. The molecular formula is C12H22O2. The highest BCUT2D eigenvalue weighted by atomic mass is 16.3. The van der Waals surface area contributed by atoms with Crippen molar-refractivity contribution in [3.05, 3.63) is 24.3 Å². The molecule has 0 aromatic carbocycles. The van der Waals surface area contributed by atoms with Crippen molar-refractivity contribution in [3.8, 4) is 0 Å². The zero-order valence-electron chi connectivity index (χ0n) is 9.40. The predicted molar refractivity (Wildman–Crippen MR) is 60.0 cm³/mol. The molecule has 0 fully saturated rings. The highest BCUT2D eigenvalue weighted by Crippen LogP contribution is 2.12. The summed E-state index contributed by atoms with van der Waals surface area (Å²) >= 11 is 0. The highest BCUT2D eigenvalue weighted by Gasteiger charge is 2.08. The summed E-state index contributed by atoms with van der Waals surface area (Å²) in [7, 11) is 0. The average molecular weight is 198 g/mol. The van der Waals surface area contributed by atoms with E-state index in [1.165, 1.54) is 0 Å². The van der Waals surface area contributed by atoms with E-state index in [0.717, 1.165) is 5.57 Å². The molecule has 0 aliphatic heterocycles. The van der Waals surface area contributed by atoms with Crippen LogP contribution in [0.5, 0.6) is 0 Å². The van der Waals surface area contributed by atoms with E-state index >= 15 is 0 Å². The molecule has 2 N–H and O–H groups in total. The third-order valence-corrected chi connectivity index (χ3v) is 2.30. The topological polar surface area (TPSA) is 40.5 Å². The van der Waals surface area contributed by atoms with E-state index in [1.54, 1.807) is 13.0 Å². The van der Waals surface area contributed by atoms with Gasteiger partial charge in [0.25, 0.3) is 0 Å². The summed E-state index contributed by atoms with van der Waals surface area (Å²) < 4.78 is 0. The van der Waals surface area contributed by atoms with Crippen LogP contribution in [-0.4, -0.2) is 22.4 Å². The first-order chi connectivity index (χ1) is 6.47. The SMILES string of the molecule is C=CC(C)C(O)CC=C(C)CC(C)O. The Kier molecular flexibility index (Phi) is 6.50. The van der Waals surface area contributed by atoms with Crippen molar-refractivity contribution in [2.24, 2.45) is 5.92 Å². The third-order valence-electron chi connectivity index (χ3n) is 2.30. The maximum Gasteiger partial charge on any atom is 0.0634 e. The zero-order valence-corrected chi connectivity index (χ0v) is 9.40. The Balaban J connectivity index is 3.95. The number of rotatable bonds is 6. The summed E-state index contributed by atoms with van der Waals surface area (Å²) in [5.41, 5.74) is 1.12. The molecule has 14 heavy (non-hydrogen) atoms. The lowest BCUT2D eigenvalue weighted by atomic mass is 10.00. The van der Waals surface area contributed by atoms with E-state index in [-0.39, 0.29) is 18.1 Å². The van der Waals surface area contributed by atoms with Crippen molar-refractivity contribution in [1.82, 2.24) is 0 Å². The standard InChI is InChI=1S/C12H22O2/c1-5-10(3)12(14)7-6-9(2)8-11(4)13/h5-6,10-14H,1,7-8H2,2-4H3. The summed E-state index contributed by atoms with van der Waals surface area (Å²) in [6, 6.07) is 0. The third kappa shape index (κ3) is 5.95. The average Bonchev–Trinajstić information content (AvgIpc) is 2.11. The Labute approximate surface area is 87.0 Å². The Hall–Kier alpha value is -0.600. The lowest BCUT2D eigenvalue weighted by Crippen LogP contribution is -2.14. The van der Waals surface area contributed by atoms with Crippen LogP contribution < -0.4 is 0 Å². The van der Waals surface area contributed by atoms with E-state index < -0.39 is 0 Å². The van der Waals surface area contributed by atoms with Gasteiger partial charge in [0.15, 0.2) is 0 Å². The molecule has 0 aliphatic rings. The maximum absolute atomic E-state index is 9.62. The number of hydrogen-bond donors (Lipinski definition) is 2. The minimum Gasteiger partial charge on any atom is -0.393 e. The fraction of sp³-hybridized carbons (Fsp3) is 0.667. The van der Waals surface area contributed by atoms with Gasteiger partial charge in [-0.2, -0.15) is 0 Å². The molecule has 2 nitrogen and oxygen atoms in total. The second-order valence-electron chi connectivity index (χ2n) is 4.00. The second-order valence-corrected chi connectivity index (χ2v) is 4.00. The van der Waals surface area contributed by atoms with Gasteiger partial charge in [-0.25, -0.2) is 0 Å².